The number of nitrogens with zero attached hydrogens (tertiary/aromatic N) is 3. The molecule has 6 rings (SSSR count). The molecule has 6 aromatic rings. The van der Waals surface area contributed by atoms with Gasteiger partial charge < -0.3 is 19.0 Å². The van der Waals surface area contributed by atoms with Crippen molar-refractivity contribution in [1.29, 1.82) is 0 Å². The van der Waals surface area contributed by atoms with E-state index in [0.717, 1.165) is 10.9 Å². The van der Waals surface area contributed by atoms with E-state index in [0.29, 0.717) is 56.3 Å². The summed E-state index contributed by atoms with van der Waals surface area (Å²) < 4.78 is 19.1. The molecule has 9 nitrogen and oxygen atoms in total. The predicted octanol–water partition coefficient (Wildman–Crippen LogP) is 7.36. The predicted molar refractivity (Wildman–Crippen MR) is 174 cm³/mol. The van der Waals surface area contributed by atoms with Crippen LogP contribution in [0.5, 0.6) is 11.5 Å². The zero-order valence-electron chi connectivity index (χ0n) is 24.1. The SMILES string of the molecule is C=CCc1cc(C=Nn2c(-c3cc4cc(Cl)ccc4o3)nc3ccccc3c2=O)cc(OC)c1OCc1cccc(C(=O)O)c1. The third-order valence-corrected chi connectivity index (χ3v) is 7.31. The molecular formula is C35H26ClN3O6. The van der Waals surface area contributed by atoms with Crippen molar-refractivity contribution in [3.63, 3.8) is 0 Å². The molecule has 224 valence electrons. The Bertz CT molecular complexity index is 2180. The molecule has 0 amide bonds. The molecule has 0 saturated heterocycles. The minimum Gasteiger partial charge on any atom is -0.493 e. The van der Waals surface area contributed by atoms with Crippen LogP contribution in [0.25, 0.3) is 33.5 Å². The second-order valence-corrected chi connectivity index (χ2v) is 10.5. The summed E-state index contributed by atoms with van der Waals surface area (Å²) in [5.41, 5.74) is 2.99. The molecule has 1 N–H and O–H groups in total. The number of furan rings is 1. The molecule has 45 heavy (non-hydrogen) atoms. The number of methoxy groups -OCH3 is 1. The molecule has 2 heterocycles. The van der Waals surface area contributed by atoms with Crippen molar-refractivity contribution in [3.8, 4) is 23.1 Å². The third kappa shape index (κ3) is 6.07. The van der Waals surface area contributed by atoms with Gasteiger partial charge in [-0.3, -0.25) is 4.79 Å². The summed E-state index contributed by atoms with van der Waals surface area (Å²) in [5, 5.41) is 15.6. The number of carboxylic acid groups (broad SMARTS) is 1. The lowest BCUT2D eigenvalue weighted by molar-refractivity contribution is 0.0696. The van der Waals surface area contributed by atoms with Crippen LogP contribution in [-0.4, -0.2) is 34.1 Å². The van der Waals surface area contributed by atoms with Crippen LogP contribution in [0.2, 0.25) is 5.02 Å². The van der Waals surface area contributed by atoms with Gasteiger partial charge in [0.1, 0.15) is 12.2 Å². The van der Waals surface area contributed by atoms with Crippen molar-refractivity contribution < 1.29 is 23.8 Å². The molecule has 0 fully saturated rings. The maximum Gasteiger partial charge on any atom is 0.335 e. The van der Waals surface area contributed by atoms with Crippen molar-refractivity contribution in [3.05, 3.63) is 135 Å². The van der Waals surface area contributed by atoms with E-state index in [1.54, 1.807) is 72.8 Å². The van der Waals surface area contributed by atoms with Crippen LogP contribution in [0.1, 0.15) is 27.0 Å². The van der Waals surface area contributed by atoms with E-state index in [4.69, 9.17) is 30.5 Å². The normalized spacial score (nSPS) is 11.3. The lowest BCUT2D eigenvalue weighted by Crippen LogP contribution is -2.20. The molecule has 0 atom stereocenters. The number of fused-ring (bicyclic) bond motifs is 2. The number of aromatic nitrogens is 2. The van der Waals surface area contributed by atoms with Gasteiger partial charge in [0.05, 0.1) is 29.8 Å². The summed E-state index contributed by atoms with van der Waals surface area (Å²) in [5.74, 6) is 0.487. The van der Waals surface area contributed by atoms with E-state index in [-0.39, 0.29) is 23.6 Å². The van der Waals surface area contributed by atoms with Crippen molar-refractivity contribution in [2.75, 3.05) is 7.11 Å². The number of hydrogen-bond donors (Lipinski definition) is 1. The van der Waals surface area contributed by atoms with Gasteiger partial charge in [0.2, 0.25) is 5.82 Å². The Morgan fingerprint density at radius 1 is 1.09 bits per heavy atom. The van der Waals surface area contributed by atoms with Gasteiger partial charge in [-0.05, 0) is 78.2 Å². The first kappa shape index (κ1) is 29.4. The number of rotatable bonds is 10. The zero-order chi connectivity index (χ0) is 31.5. The highest BCUT2D eigenvalue weighted by Crippen LogP contribution is 2.34. The lowest BCUT2D eigenvalue weighted by Gasteiger charge is -2.16. The summed E-state index contributed by atoms with van der Waals surface area (Å²) in [6.07, 6.45) is 3.72. The highest BCUT2D eigenvalue weighted by molar-refractivity contribution is 6.31. The number of carbonyl (C=O) groups is 1. The van der Waals surface area contributed by atoms with Gasteiger partial charge in [-0.1, -0.05) is 41.9 Å². The number of allylic oxidation sites excluding steroid dienone is 1. The second kappa shape index (κ2) is 12.5. The Labute approximate surface area is 262 Å². The van der Waals surface area contributed by atoms with Crippen molar-refractivity contribution in [2.45, 2.75) is 13.0 Å². The Kier molecular flexibility index (Phi) is 8.18. The van der Waals surface area contributed by atoms with Crippen LogP contribution in [0.3, 0.4) is 0 Å². The molecule has 0 saturated carbocycles. The van der Waals surface area contributed by atoms with Gasteiger partial charge in [-0.15, -0.1) is 6.58 Å². The van der Waals surface area contributed by atoms with Crippen molar-refractivity contribution in [1.82, 2.24) is 9.66 Å². The van der Waals surface area contributed by atoms with Crippen LogP contribution in [-0.2, 0) is 13.0 Å². The van der Waals surface area contributed by atoms with E-state index in [2.05, 4.69) is 11.7 Å². The Morgan fingerprint density at radius 3 is 2.73 bits per heavy atom. The average Bonchev–Trinajstić information content (AvgIpc) is 3.47. The smallest absolute Gasteiger partial charge is 0.335 e. The quantitative estimate of drug-likeness (QED) is 0.126. The van der Waals surface area contributed by atoms with Gasteiger partial charge in [-0.2, -0.15) is 9.78 Å². The molecule has 0 bridgehead atoms. The van der Waals surface area contributed by atoms with E-state index in [1.165, 1.54) is 24.1 Å². The minimum atomic E-state index is -1.01. The van der Waals surface area contributed by atoms with E-state index >= 15 is 0 Å². The number of benzene rings is 4. The van der Waals surface area contributed by atoms with E-state index in [1.807, 2.05) is 12.1 Å². The number of halogens is 1. The highest BCUT2D eigenvalue weighted by Gasteiger charge is 2.18. The maximum atomic E-state index is 13.7. The van der Waals surface area contributed by atoms with Crippen LogP contribution < -0.4 is 15.0 Å². The highest BCUT2D eigenvalue weighted by atomic mass is 35.5. The molecule has 0 aliphatic rings. The molecule has 0 unspecified atom stereocenters. The molecule has 0 aliphatic heterocycles. The van der Waals surface area contributed by atoms with Crippen molar-refractivity contribution in [2.24, 2.45) is 5.10 Å². The first-order valence-corrected chi connectivity index (χ1v) is 14.2. The third-order valence-electron chi connectivity index (χ3n) is 7.07. The lowest BCUT2D eigenvalue weighted by atomic mass is 10.1. The first-order chi connectivity index (χ1) is 21.8. The molecule has 4 aromatic carbocycles. The summed E-state index contributed by atoms with van der Waals surface area (Å²) in [7, 11) is 1.52. The maximum absolute atomic E-state index is 13.7. The average molecular weight is 620 g/mol. The Balaban J connectivity index is 1.40. The van der Waals surface area contributed by atoms with Gasteiger partial charge in [-0.25, -0.2) is 9.78 Å². The molecule has 2 aromatic heterocycles. The summed E-state index contributed by atoms with van der Waals surface area (Å²) in [6.45, 7) is 3.99. The molecule has 10 heteroatoms. The minimum absolute atomic E-state index is 0.124. The van der Waals surface area contributed by atoms with E-state index in [9.17, 15) is 14.7 Å². The topological polar surface area (TPSA) is 116 Å². The van der Waals surface area contributed by atoms with Crippen LogP contribution in [0.4, 0.5) is 0 Å². The van der Waals surface area contributed by atoms with Gasteiger partial charge in [0.15, 0.2) is 17.3 Å². The number of ether oxygens (including phenoxy) is 2. The second-order valence-electron chi connectivity index (χ2n) is 10.1. The van der Waals surface area contributed by atoms with Gasteiger partial charge in [0.25, 0.3) is 5.56 Å². The molecule has 0 spiro atoms. The fourth-order valence-electron chi connectivity index (χ4n) is 4.97. The fraction of sp³-hybridized carbons (Fsp3) is 0.0857. The fourth-order valence-corrected chi connectivity index (χ4v) is 5.15. The van der Waals surface area contributed by atoms with Crippen LogP contribution in [0, 0.1) is 0 Å². The van der Waals surface area contributed by atoms with Crippen LogP contribution >= 0.6 is 11.6 Å². The molecule has 0 aliphatic carbocycles. The van der Waals surface area contributed by atoms with Gasteiger partial charge >= 0.3 is 5.97 Å². The monoisotopic (exact) mass is 619 g/mol. The summed E-state index contributed by atoms with van der Waals surface area (Å²) >= 11 is 6.18. The summed E-state index contributed by atoms with van der Waals surface area (Å²) in [6, 6.07) is 24.2. The number of para-hydroxylation sites is 1. The molecule has 0 radical (unpaired) electrons. The number of hydrogen-bond acceptors (Lipinski definition) is 7. The Morgan fingerprint density at radius 2 is 1.93 bits per heavy atom. The largest absolute Gasteiger partial charge is 0.493 e. The number of carboxylic acids is 1. The van der Waals surface area contributed by atoms with Gasteiger partial charge in [0, 0.05) is 16.0 Å². The standard InChI is InChI=1S/C35H26ClN3O6/c1-3-7-23-15-22(16-30(43-2)32(23)44-20-21-8-6-9-24(14-21)35(41)42)19-37-39-33(38-28-11-5-4-10-27(28)34(39)40)31-18-25-17-26(36)12-13-29(25)45-31/h3-6,8-19H,1,7,20H2,2H3,(H,41,42). The number of aromatic carboxylic acids is 1. The van der Waals surface area contributed by atoms with Crippen molar-refractivity contribution >= 4 is 45.7 Å². The first-order valence-electron chi connectivity index (χ1n) is 13.9. The van der Waals surface area contributed by atoms with E-state index < -0.39 is 5.97 Å². The van der Waals surface area contributed by atoms with Crippen LogP contribution in [0.15, 0.2) is 112 Å². The zero-order valence-corrected chi connectivity index (χ0v) is 24.8. The Hall–Kier alpha value is -5.67. The molecular weight excluding hydrogens is 594 g/mol. The summed E-state index contributed by atoms with van der Waals surface area (Å²) in [4.78, 5) is 29.8.